The van der Waals surface area contributed by atoms with E-state index in [9.17, 15) is 8.78 Å². The highest BCUT2D eigenvalue weighted by Crippen LogP contribution is 2.36. The molecule has 3 N–H and O–H groups in total. The van der Waals surface area contributed by atoms with Gasteiger partial charge in [0.05, 0.1) is 24.8 Å². The number of aryl methyl sites for hydroxylation is 1. The van der Waals surface area contributed by atoms with Crippen LogP contribution in [0.2, 0.25) is 0 Å². The van der Waals surface area contributed by atoms with Crippen molar-refractivity contribution in [2.45, 2.75) is 11.8 Å². The molecular weight excluding hydrogens is 436 g/mol. The molecule has 164 valence electrons. The van der Waals surface area contributed by atoms with Crippen LogP contribution < -0.4 is 19.9 Å². The first kappa shape index (κ1) is 21.6. The molecule has 0 aliphatic carbocycles. The molecule has 2 heterocycles. The Bertz CT molecular complexity index is 1320. The standard InChI is InChI=1S/C22H19F2N5O2S/c1-11-15-6-12(8-18(30-2)20(15)28-22(25)27-11)13-7-17(21(31-3)26-10-13)29-32-19-5-4-14(23)9-16(19)24/h4-10,29H,1-3H3,(H2,25,27,28). The summed E-state index contributed by atoms with van der Waals surface area (Å²) in [6.45, 7) is 1.84. The molecule has 0 unspecified atom stereocenters. The van der Waals surface area contributed by atoms with Crippen LogP contribution >= 0.6 is 11.9 Å². The van der Waals surface area contributed by atoms with Crippen LogP contribution in [0.1, 0.15) is 5.69 Å². The van der Waals surface area contributed by atoms with Crippen molar-refractivity contribution in [3.8, 4) is 22.8 Å². The third kappa shape index (κ3) is 4.22. The number of methoxy groups -OCH3 is 2. The molecule has 0 bridgehead atoms. The minimum Gasteiger partial charge on any atom is -0.494 e. The summed E-state index contributed by atoms with van der Waals surface area (Å²) < 4.78 is 41.0. The van der Waals surface area contributed by atoms with Gasteiger partial charge in [-0.2, -0.15) is 0 Å². The van der Waals surface area contributed by atoms with Crippen molar-refractivity contribution in [1.29, 1.82) is 0 Å². The molecule has 0 atom stereocenters. The molecule has 0 fully saturated rings. The number of hydrogen-bond donors (Lipinski definition) is 2. The van der Waals surface area contributed by atoms with Crippen LogP contribution in [0.4, 0.5) is 20.4 Å². The van der Waals surface area contributed by atoms with E-state index in [-0.39, 0.29) is 10.8 Å². The van der Waals surface area contributed by atoms with Crippen molar-refractivity contribution >= 4 is 34.5 Å². The minimum atomic E-state index is -0.667. The number of rotatable bonds is 6. The van der Waals surface area contributed by atoms with Crippen LogP contribution in [0, 0.1) is 18.6 Å². The van der Waals surface area contributed by atoms with E-state index in [0.717, 1.165) is 40.2 Å². The van der Waals surface area contributed by atoms with Crippen LogP contribution in [0.25, 0.3) is 22.0 Å². The van der Waals surface area contributed by atoms with Gasteiger partial charge < -0.3 is 19.9 Å². The molecule has 0 spiro atoms. The average Bonchev–Trinajstić information content (AvgIpc) is 2.77. The Balaban J connectivity index is 1.74. The molecule has 0 amide bonds. The van der Waals surface area contributed by atoms with Crippen molar-refractivity contribution in [3.05, 3.63) is 59.9 Å². The maximum atomic E-state index is 14.0. The van der Waals surface area contributed by atoms with Gasteiger partial charge in [-0.1, -0.05) is 0 Å². The van der Waals surface area contributed by atoms with Crippen molar-refractivity contribution in [2.75, 3.05) is 24.7 Å². The second-order valence-corrected chi connectivity index (χ2v) is 7.65. The molecule has 32 heavy (non-hydrogen) atoms. The number of nitrogens with two attached hydrogens (primary N) is 1. The van der Waals surface area contributed by atoms with Crippen molar-refractivity contribution in [1.82, 2.24) is 15.0 Å². The van der Waals surface area contributed by atoms with Crippen molar-refractivity contribution in [3.63, 3.8) is 0 Å². The van der Waals surface area contributed by atoms with E-state index in [0.29, 0.717) is 22.8 Å². The zero-order valence-electron chi connectivity index (χ0n) is 17.4. The summed E-state index contributed by atoms with van der Waals surface area (Å²) in [6.07, 6.45) is 1.65. The maximum Gasteiger partial charge on any atom is 0.237 e. The van der Waals surface area contributed by atoms with E-state index in [2.05, 4.69) is 19.7 Å². The van der Waals surface area contributed by atoms with Crippen molar-refractivity contribution < 1.29 is 18.3 Å². The Hall–Kier alpha value is -3.66. The SMILES string of the molecule is COc1ncc(-c2cc(OC)c3nc(N)nc(C)c3c2)cc1NSc1ccc(F)cc1F. The third-order valence-electron chi connectivity index (χ3n) is 4.74. The highest BCUT2D eigenvalue weighted by molar-refractivity contribution is 8.00. The summed E-state index contributed by atoms with van der Waals surface area (Å²) in [4.78, 5) is 13.1. The third-order valence-corrected chi connectivity index (χ3v) is 5.61. The Kier molecular flexibility index (Phi) is 5.95. The molecule has 10 heteroatoms. The lowest BCUT2D eigenvalue weighted by Crippen LogP contribution is -2.00. The van der Waals surface area contributed by atoms with Gasteiger partial charge in [0, 0.05) is 23.2 Å². The highest BCUT2D eigenvalue weighted by atomic mass is 32.2. The zero-order valence-corrected chi connectivity index (χ0v) is 18.3. The molecule has 2 aromatic heterocycles. The first-order chi connectivity index (χ1) is 15.4. The normalized spacial score (nSPS) is 10.9. The van der Waals surface area contributed by atoms with Crippen molar-refractivity contribution in [2.24, 2.45) is 0 Å². The number of nitrogen functional groups attached to an aromatic ring is 1. The lowest BCUT2D eigenvalue weighted by Gasteiger charge is -2.14. The first-order valence-corrected chi connectivity index (χ1v) is 10.3. The predicted molar refractivity (Wildman–Crippen MR) is 121 cm³/mol. The van der Waals surface area contributed by atoms with Crippen LogP contribution in [0.3, 0.4) is 0 Å². The number of halogens is 2. The van der Waals surface area contributed by atoms with E-state index < -0.39 is 11.6 Å². The molecule has 2 aromatic carbocycles. The molecule has 4 aromatic rings. The molecule has 7 nitrogen and oxygen atoms in total. The topological polar surface area (TPSA) is 95.2 Å². The zero-order chi connectivity index (χ0) is 22.8. The minimum absolute atomic E-state index is 0.170. The summed E-state index contributed by atoms with van der Waals surface area (Å²) in [5.74, 6) is -0.269. The fraction of sp³-hybridized carbons (Fsp3) is 0.136. The molecule has 0 radical (unpaired) electrons. The van der Waals surface area contributed by atoms with E-state index in [1.165, 1.54) is 19.2 Å². The second kappa shape index (κ2) is 8.83. The van der Waals surface area contributed by atoms with Gasteiger partial charge in [-0.25, -0.2) is 23.7 Å². The lowest BCUT2D eigenvalue weighted by atomic mass is 10.0. The summed E-state index contributed by atoms with van der Waals surface area (Å²) >= 11 is 0.986. The van der Waals surface area contributed by atoms with Gasteiger partial charge in [-0.15, -0.1) is 0 Å². The number of fused-ring (bicyclic) bond motifs is 1. The molecule has 4 rings (SSSR count). The molecule has 0 saturated carbocycles. The Labute approximate surface area is 187 Å². The summed E-state index contributed by atoms with van der Waals surface area (Å²) in [5.41, 5.74) is 9.20. The Morgan fingerprint density at radius 1 is 1.00 bits per heavy atom. The van der Waals surface area contributed by atoms with Crippen LogP contribution in [0.5, 0.6) is 11.6 Å². The molecule has 0 saturated heterocycles. The highest BCUT2D eigenvalue weighted by Gasteiger charge is 2.14. The number of nitrogens with one attached hydrogen (secondary N) is 1. The molecular formula is C22H19F2N5O2S. The van der Waals surface area contributed by atoms with Gasteiger partial charge in [0.2, 0.25) is 11.8 Å². The van der Waals surface area contributed by atoms with Gasteiger partial charge in [0.15, 0.2) is 0 Å². The molecule has 0 aliphatic rings. The number of hydrogen-bond acceptors (Lipinski definition) is 8. The second-order valence-electron chi connectivity index (χ2n) is 6.80. The van der Waals surface area contributed by atoms with Gasteiger partial charge >= 0.3 is 0 Å². The predicted octanol–water partition coefficient (Wildman–Crippen LogP) is 5.00. The molecule has 0 aliphatic heterocycles. The summed E-state index contributed by atoms with van der Waals surface area (Å²) in [6, 6.07) is 8.94. The smallest absolute Gasteiger partial charge is 0.237 e. The number of ether oxygens (including phenoxy) is 2. The largest absolute Gasteiger partial charge is 0.494 e. The Morgan fingerprint density at radius 3 is 2.53 bits per heavy atom. The fourth-order valence-corrected chi connectivity index (χ4v) is 3.87. The Morgan fingerprint density at radius 2 is 1.81 bits per heavy atom. The van der Waals surface area contributed by atoms with E-state index in [1.54, 1.807) is 13.3 Å². The van der Waals surface area contributed by atoms with Crippen LogP contribution in [-0.4, -0.2) is 29.2 Å². The average molecular weight is 455 g/mol. The fourth-order valence-electron chi connectivity index (χ4n) is 3.21. The van der Waals surface area contributed by atoms with E-state index in [4.69, 9.17) is 15.2 Å². The van der Waals surface area contributed by atoms with E-state index >= 15 is 0 Å². The van der Waals surface area contributed by atoms with Crippen LogP contribution in [0.15, 0.2) is 47.5 Å². The van der Waals surface area contributed by atoms with Gasteiger partial charge in [-0.3, -0.25) is 0 Å². The quantitative estimate of drug-likeness (QED) is 0.393. The number of aromatic nitrogens is 3. The van der Waals surface area contributed by atoms with Gasteiger partial charge in [-0.05, 0) is 54.8 Å². The summed E-state index contributed by atoms with van der Waals surface area (Å²) in [7, 11) is 3.04. The number of nitrogens with zero attached hydrogens (tertiary/aromatic N) is 3. The van der Waals surface area contributed by atoms with Crippen LogP contribution in [-0.2, 0) is 0 Å². The summed E-state index contributed by atoms with van der Waals surface area (Å²) in [5, 5.41) is 0.793. The lowest BCUT2D eigenvalue weighted by molar-refractivity contribution is 0.400. The number of anilines is 2. The number of pyridine rings is 1. The van der Waals surface area contributed by atoms with Gasteiger partial charge in [0.1, 0.15) is 28.6 Å². The van der Waals surface area contributed by atoms with E-state index in [1.807, 2.05) is 25.1 Å². The first-order valence-electron chi connectivity index (χ1n) is 9.43. The van der Waals surface area contributed by atoms with Gasteiger partial charge in [0.25, 0.3) is 0 Å². The number of benzene rings is 2. The monoisotopic (exact) mass is 455 g/mol. The maximum absolute atomic E-state index is 14.0.